The van der Waals surface area contributed by atoms with Gasteiger partial charge in [-0.15, -0.1) is 0 Å². The van der Waals surface area contributed by atoms with Gasteiger partial charge in [-0.05, 0) is 88.0 Å². The summed E-state index contributed by atoms with van der Waals surface area (Å²) in [7, 11) is -0.397. The first-order valence-corrected chi connectivity index (χ1v) is 11.0. The van der Waals surface area contributed by atoms with Gasteiger partial charge in [0.1, 0.15) is 5.60 Å². The summed E-state index contributed by atoms with van der Waals surface area (Å²) in [6.07, 6.45) is 5.17. The number of amides is 1. The largest absolute Gasteiger partial charge is 0.498 e. The number of nitrogens with zero attached hydrogens (tertiary/aromatic N) is 2. The van der Waals surface area contributed by atoms with Crippen molar-refractivity contribution in [1.29, 1.82) is 0 Å². The van der Waals surface area contributed by atoms with E-state index in [1.807, 2.05) is 27.0 Å². The molecule has 8 heteroatoms. The molecule has 2 heterocycles. The normalized spacial score (nSPS) is 28.4. The smallest absolute Gasteiger partial charge is 0.444 e. The molecule has 1 amide bonds. The van der Waals surface area contributed by atoms with Gasteiger partial charge in [-0.1, -0.05) is 0 Å². The maximum atomic E-state index is 12.2. The molecule has 7 nitrogen and oxygen atoms in total. The molecular weight excluding hydrogens is 381 g/mol. The van der Waals surface area contributed by atoms with Gasteiger partial charge in [-0.2, -0.15) is 5.10 Å². The van der Waals surface area contributed by atoms with Crippen molar-refractivity contribution in [2.24, 2.45) is 0 Å². The summed E-state index contributed by atoms with van der Waals surface area (Å²) in [5.74, 6) is 0. The highest BCUT2D eigenvalue weighted by molar-refractivity contribution is 6.62. The van der Waals surface area contributed by atoms with Gasteiger partial charge in [-0.3, -0.25) is 4.68 Å². The lowest BCUT2D eigenvalue weighted by atomic mass is 9.78. The predicted molar refractivity (Wildman–Crippen MR) is 118 cm³/mol. The average molecular weight is 419 g/mol. The number of ether oxygens (including phenoxy) is 1. The second-order valence-corrected chi connectivity index (χ2v) is 11.1. The third-order valence-corrected chi connectivity index (χ3v) is 6.80. The minimum Gasteiger partial charge on any atom is -0.444 e. The molecular formula is C22H38BN3O4. The first-order valence-electron chi connectivity index (χ1n) is 11.0. The molecule has 1 aliphatic heterocycles. The Hall–Kier alpha value is -1.54. The molecule has 0 atom stereocenters. The van der Waals surface area contributed by atoms with Crippen LogP contribution in [-0.4, -0.2) is 45.3 Å². The van der Waals surface area contributed by atoms with Crippen molar-refractivity contribution in [2.45, 2.75) is 116 Å². The van der Waals surface area contributed by atoms with Crippen LogP contribution in [0.25, 0.3) is 0 Å². The van der Waals surface area contributed by atoms with Gasteiger partial charge in [0.2, 0.25) is 0 Å². The molecule has 168 valence electrons. The number of alkyl carbamates (subject to hydrolysis) is 1. The van der Waals surface area contributed by atoms with Gasteiger partial charge >= 0.3 is 13.2 Å². The maximum Gasteiger partial charge on any atom is 0.498 e. The molecule has 3 rings (SSSR count). The highest BCUT2D eigenvalue weighted by Gasteiger charge is 2.52. The molecule has 1 saturated heterocycles. The molecule has 0 bridgehead atoms. The summed E-state index contributed by atoms with van der Waals surface area (Å²) >= 11 is 0. The monoisotopic (exact) mass is 419 g/mol. The van der Waals surface area contributed by atoms with E-state index < -0.39 is 12.7 Å². The van der Waals surface area contributed by atoms with E-state index in [-0.39, 0.29) is 22.8 Å². The predicted octanol–water partition coefficient (Wildman–Crippen LogP) is 3.89. The van der Waals surface area contributed by atoms with E-state index in [1.54, 1.807) is 0 Å². The van der Waals surface area contributed by atoms with Gasteiger partial charge < -0.3 is 19.4 Å². The van der Waals surface area contributed by atoms with Crippen molar-refractivity contribution in [3.05, 3.63) is 11.9 Å². The molecule has 2 aliphatic rings. The van der Waals surface area contributed by atoms with E-state index >= 15 is 0 Å². The minimum atomic E-state index is -0.492. The fourth-order valence-corrected chi connectivity index (χ4v) is 4.17. The molecule has 1 N–H and O–H groups in total. The average Bonchev–Trinajstić information content (AvgIpc) is 3.03. The van der Waals surface area contributed by atoms with Crippen LogP contribution in [0, 0.1) is 6.92 Å². The first kappa shape index (κ1) is 23.1. The SMILES string of the molecule is Cc1c(B2OC(C)(C)C(C)(C)O2)cnn1C1CCC(C)(NC(=O)OC(C)(C)C)CC1. The first-order chi connectivity index (χ1) is 13.6. The lowest BCUT2D eigenvalue weighted by Gasteiger charge is -2.38. The van der Waals surface area contributed by atoms with Crippen LogP contribution in [0.2, 0.25) is 0 Å². The molecule has 0 aromatic carbocycles. The van der Waals surface area contributed by atoms with Gasteiger partial charge in [0, 0.05) is 22.9 Å². The summed E-state index contributed by atoms with van der Waals surface area (Å²) in [5.41, 5.74) is 0.594. The number of aromatic nitrogens is 2. The van der Waals surface area contributed by atoms with Crippen LogP contribution in [0.15, 0.2) is 6.20 Å². The van der Waals surface area contributed by atoms with Gasteiger partial charge in [0.05, 0.1) is 17.2 Å². The molecule has 0 spiro atoms. The number of carbonyl (C=O) groups excluding carboxylic acids is 1. The number of hydrogen-bond acceptors (Lipinski definition) is 5. The Morgan fingerprint density at radius 2 is 1.70 bits per heavy atom. The third-order valence-electron chi connectivity index (χ3n) is 6.80. The Morgan fingerprint density at radius 3 is 2.20 bits per heavy atom. The van der Waals surface area contributed by atoms with Crippen molar-refractivity contribution in [2.75, 3.05) is 0 Å². The van der Waals surface area contributed by atoms with Crippen LogP contribution < -0.4 is 10.8 Å². The van der Waals surface area contributed by atoms with Crippen LogP contribution >= 0.6 is 0 Å². The molecule has 2 fully saturated rings. The Bertz CT molecular complexity index is 773. The van der Waals surface area contributed by atoms with Crippen LogP contribution in [0.4, 0.5) is 4.79 Å². The number of nitrogens with one attached hydrogen (secondary N) is 1. The molecule has 30 heavy (non-hydrogen) atoms. The van der Waals surface area contributed by atoms with E-state index in [4.69, 9.17) is 14.0 Å². The lowest BCUT2D eigenvalue weighted by Crippen LogP contribution is -2.50. The molecule has 1 aromatic rings. The number of carbonyl (C=O) groups is 1. The van der Waals surface area contributed by atoms with E-state index in [0.717, 1.165) is 36.8 Å². The Morgan fingerprint density at radius 1 is 1.17 bits per heavy atom. The third kappa shape index (κ3) is 4.69. The second-order valence-electron chi connectivity index (χ2n) is 11.1. The zero-order chi connectivity index (χ0) is 22.5. The van der Waals surface area contributed by atoms with E-state index in [9.17, 15) is 4.79 Å². The highest BCUT2D eigenvalue weighted by atomic mass is 16.7. The minimum absolute atomic E-state index is 0.256. The Balaban J connectivity index is 1.64. The molecule has 1 aliphatic carbocycles. The maximum absolute atomic E-state index is 12.2. The lowest BCUT2D eigenvalue weighted by molar-refractivity contribution is 0.00578. The fraction of sp³-hybridized carbons (Fsp3) is 0.818. The number of rotatable bonds is 3. The van der Waals surface area contributed by atoms with Crippen molar-refractivity contribution in [1.82, 2.24) is 15.1 Å². The van der Waals surface area contributed by atoms with Crippen LogP contribution in [-0.2, 0) is 14.0 Å². The van der Waals surface area contributed by atoms with E-state index in [2.05, 4.69) is 56.6 Å². The van der Waals surface area contributed by atoms with Crippen LogP contribution in [0.5, 0.6) is 0 Å². The summed E-state index contributed by atoms with van der Waals surface area (Å²) in [4.78, 5) is 12.2. The summed E-state index contributed by atoms with van der Waals surface area (Å²) in [6.45, 7) is 18.1. The van der Waals surface area contributed by atoms with Crippen LogP contribution in [0.1, 0.15) is 92.8 Å². The zero-order valence-electron chi connectivity index (χ0n) is 20.1. The molecule has 0 unspecified atom stereocenters. The van der Waals surface area contributed by atoms with Crippen LogP contribution in [0.3, 0.4) is 0 Å². The van der Waals surface area contributed by atoms with Crippen molar-refractivity contribution in [3.63, 3.8) is 0 Å². The van der Waals surface area contributed by atoms with Gasteiger partial charge in [0.15, 0.2) is 0 Å². The quantitative estimate of drug-likeness (QED) is 0.753. The Kier molecular flexibility index (Phi) is 5.82. The van der Waals surface area contributed by atoms with Gasteiger partial charge in [0.25, 0.3) is 0 Å². The van der Waals surface area contributed by atoms with E-state index in [1.165, 1.54) is 0 Å². The molecule has 1 saturated carbocycles. The summed E-state index contributed by atoms with van der Waals surface area (Å²) < 4.78 is 20.0. The van der Waals surface area contributed by atoms with Crippen molar-refractivity contribution < 1.29 is 18.8 Å². The summed E-state index contributed by atoms with van der Waals surface area (Å²) in [6, 6.07) is 0.301. The van der Waals surface area contributed by atoms with Gasteiger partial charge in [-0.25, -0.2) is 4.79 Å². The number of hydrogen-bond donors (Lipinski definition) is 1. The standard InChI is InChI=1S/C22H38BN3O4/c1-15-17(23-29-20(5,6)21(7,8)30-23)14-24-26(15)16-10-12-22(9,13-11-16)25-18(27)28-19(2,3)4/h14,16H,10-13H2,1-9H3,(H,25,27). The topological polar surface area (TPSA) is 74.6 Å². The Labute approximate surface area is 181 Å². The highest BCUT2D eigenvalue weighted by Crippen LogP contribution is 2.38. The molecule has 1 aromatic heterocycles. The zero-order valence-corrected chi connectivity index (χ0v) is 20.1. The summed E-state index contributed by atoms with van der Waals surface area (Å²) in [5, 5.41) is 7.76. The van der Waals surface area contributed by atoms with E-state index in [0.29, 0.717) is 6.04 Å². The van der Waals surface area contributed by atoms with Crippen molar-refractivity contribution in [3.8, 4) is 0 Å². The fourth-order valence-electron chi connectivity index (χ4n) is 4.17. The second kappa shape index (κ2) is 7.55. The molecule has 0 radical (unpaired) electrons. The van der Waals surface area contributed by atoms with Crippen molar-refractivity contribution >= 4 is 18.7 Å².